The van der Waals surface area contributed by atoms with Gasteiger partial charge >= 0.3 is 0 Å². The second kappa shape index (κ2) is 8.69. The largest absolute Gasteiger partial charge is 0.339 e. The van der Waals surface area contributed by atoms with Gasteiger partial charge < -0.3 is 14.7 Å². The summed E-state index contributed by atoms with van der Waals surface area (Å²) in [5.74, 6) is -0.223. The summed E-state index contributed by atoms with van der Waals surface area (Å²) in [6.07, 6.45) is 0.272. The number of piperazine rings is 1. The van der Waals surface area contributed by atoms with E-state index in [1.807, 2.05) is 66.4 Å². The Morgan fingerprint density at radius 2 is 1.53 bits per heavy atom. The zero-order valence-corrected chi connectivity index (χ0v) is 17.3. The van der Waals surface area contributed by atoms with Crippen molar-refractivity contribution in [1.29, 1.82) is 0 Å². The summed E-state index contributed by atoms with van der Waals surface area (Å²) >= 11 is 0. The topological polar surface area (TPSA) is 60.9 Å². The Balaban J connectivity index is 1.30. The van der Waals surface area contributed by atoms with Gasteiger partial charge in [-0.3, -0.25) is 14.4 Å². The van der Waals surface area contributed by atoms with Gasteiger partial charge in [0.05, 0.1) is 5.92 Å². The third kappa shape index (κ3) is 4.37. The van der Waals surface area contributed by atoms with E-state index in [1.165, 1.54) is 0 Å². The minimum Gasteiger partial charge on any atom is -0.339 e. The number of hydrogen-bond donors (Lipinski definition) is 0. The van der Waals surface area contributed by atoms with Crippen molar-refractivity contribution in [3.63, 3.8) is 0 Å². The van der Waals surface area contributed by atoms with Crippen molar-refractivity contribution in [2.24, 2.45) is 5.92 Å². The molecule has 156 valence electrons. The summed E-state index contributed by atoms with van der Waals surface area (Å²) in [7, 11) is 0. The highest BCUT2D eigenvalue weighted by atomic mass is 16.2. The fraction of sp³-hybridized carbons (Fsp3) is 0.375. The Morgan fingerprint density at radius 3 is 2.20 bits per heavy atom. The Labute approximate surface area is 177 Å². The quantitative estimate of drug-likeness (QED) is 0.784. The number of amides is 3. The molecule has 0 spiro atoms. The summed E-state index contributed by atoms with van der Waals surface area (Å²) in [5.41, 5.74) is 2.87. The molecule has 30 heavy (non-hydrogen) atoms. The molecular weight excluding hydrogens is 378 g/mol. The third-order valence-electron chi connectivity index (χ3n) is 5.96. The van der Waals surface area contributed by atoms with Crippen LogP contribution in [0.3, 0.4) is 0 Å². The Kier molecular flexibility index (Phi) is 5.84. The standard InChI is InChI=1S/C24H27N3O3/c1-18-7-9-20(10-8-18)23(29)25-11-13-26(14-12-25)24(30)21-15-22(28)27(17-21)16-19-5-3-2-4-6-19/h2-10,21H,11-17H2,1H3. The number of carbonyl (C=O) groups excluding carboxylic acids is 3. The normalized spacial score (nSPS) is 19.3. The molecule has 1 unspecified atom stereocenters. The minimum atomic E-state index is -0.291. The Bertz CT molecular complexity index is 918. The molecule has 2 aliphatic heterocycles. The number of rotatable bonds is 4. The molecule has 2 aromatic carbocycles. The van der Waals surface area contributed by atoms with Crippen molar-refractivity contribution >= 4 is 17.7 Å². The van der Waals surface area contributed by atoms with Crippen molar-refractivity contribution < 1.29 is 14.4 Å². The van der Waals surface area contributed by atoms with Gasteiger partial charge in [-0.15, -0.1) is 0 Å². The summed E-state index contributed by atoms with van der Waals surface area (Å²) in [6, 6.07) is 17.4. The van der Waals surface area contributed by atoms with Gasteiger partial charge in [0.2, 0.25) is 11.8 Å². The van der Waals surface area contributed by atoms with E-state index < -0.39 is 0 Å². The summed E-state index contributed by atoms with van der Waals surface area (Å²) < 4.78 is 0. The number of aryl methyl sites for hydroxylation is 1. The highest BCUT2D eigenvalue weighted by molar-refractivity contribution is 5.94. The highest BCUT2D eigenvalue weighted by Crippen LogP contribution is 2.23. The second-order valence-corrected chi connectivity index (χ2v) is 8.14. The number of benzene rings is 2. The first-order chi connectivity index (χ1) is 14.5. The monoisotopic (exact) mass is 405 g/mol. The fourth-order valence-corrected chi connectivity index (χ4v) is 4.16. The Hall–Kier alpha value is -3.15. The van der Waals surface area contributed by atoms with Crippen molar-refractivity contribution in [2.75, 3.05) is 32.7 Å². The van der Waals surface area contributed by atoms with Crippen LogP contribution in [-0.4, -0.2) is 65.1 Å². The fourth-order valence-electron chi connectivity index (χ4n) is 4.16. The first kappa shape index (κ1) is 20.1. The van der Waals surface area contributed by atoms with Crippen molar-refractivity contribution in [2.45, 2.75) is 19.9 Å². The van der Waals surface area contributed by atoms with Crippen molar-refractivity contribution in [3.05, 3.63) is 71.3 Å². The molecule has 0 aromatic heterocycles. The highest BCUT2D eigenvalue weighted by Gasteiger charge is 2.37. The van der Waals surface area contributed by atoms with Crippen LogP contribution in [0.15, 0.2) is 54.6 Å². The molecule has 0 N–H and O–H groups in total. The number of carbonyl (C=O) groups is 3. The molecule has 0 bridgehead atoms. The molecule has 0 saturated carbocycles. The van der Waals surface area contributed by atoms with Crippen LogP contribution < -0.4 is 0 Å². The SMILES string of the molecule is Cc1ccc(C(=O)N2CCN(C(=O)C3CC(=O)N(Cc4ccccc4)C3)CC2)cc1. The van der Waals surface area contributed by atoms with Crippen molar-refractivity contribution in [3.8, 4) is 0 Å². The molecule has 2 aliphatic rings. The zero-order chi connectivity index (χ0) is 21.1. The van der Waals surface area contributed by atoms with Crippen molar-refractivity contribution in [1.82, 2.24) is 14.7 Å². The summed E-state index contributed by atoms with van der Waals surface area (Å²) in [4.78, 5) is 43.4. The lowest BCUT2D eigenvalue weighted by atomic mass is 10.1. The molecule has 6 heteroatoms. The van der Waals surface area contributed by atoms with Crippen LogP contribution in [0.2, 0.25) is 0 Å². The smallest absolute Gasteiger partial charge is 0.253 e. The van der Waals surface area contributed by atoms with E-state index in [-0.39, 0.29) is 30.1 Å². The molecular formula is C24H27N3O3. The van der Waals surface area contributed by atoms with Crippen LogP contribution in [0.5, 0.6) is 0 Å². The van der Waals surface area contributed by atoms with Gasteiger partial charge in [-0.05, 0) is 24.6 Å². The van der Waals surface area contributed by atoms with Crippen LogP contribution in [0, 0.1) is 12.8 Å². The average Bonchev–Trinajstić information content (AvgIpc) is 3.14. The molecule has 2 saturated heterocycles. The lowest BCUT2D eigenvalue weighted by molar-refractivity contribution is -0.137. The van der Waals surface area contributed by atoms with Gasteiger partial charge in [0, 0.05) is 51.3 Å². The summed E-state index contributed by atoms with van der Waals surface area (Å²) in [5, 5.41) is 0. The minimum absolute atomic E-state index is 0.00665. The number of likely N-dealkylation sites (tertiary alicyclic amines) is 1. The lowest BCUT2D eigenvalue weighted by Crippen LogP contribution is -2.52. The number of nitrogens with zero attached hydrogens (tertiary/aromatic N) is 3. The molecule has 2 heterocycles. The van der Waals surface area contributed by atoms with E-state index in [9.17, 15) is 14.4 Å². The lowest BCUT2D eigenvalue weighted by Gasteiger charge is -2.36. The van der Waals surface area contributed by atoms with Gasteiger partial charge in [0.15, 0.2) is 0 Å². The maximum absolute atomic E-state index is 13.0. The first-order valence-corrected chi connectivity index (χ1v) is 10.5. The van der Waals surface area contributed by atoms with Crippen LogP contribution in [-0.2, 0) is 16.1 Å². The number of hydrogen-bond acceptors (Lipinski definition) is 3. The molecule has 6 nitrogen and oxygen atoms in total. The molecule has 0 radical (unpaired) electrons. The van der Waals surface area contributed by atoms with Crippen LogP contribution in [0.25, 0.3) is 0 Å². The van der Waals surface area contributed by atoms with Gasteiger partial charge in [-0.1, -0.05) is 48.0 Å². The maximum Gasteiger partial charge on any atom is 0.253 e. The first-order valence-electron chi connectivity index (χ1n) is 10.5. The van der Waals surface area contributed by atoms with E-state index in [1.54, 1.807) is 9.80 Å². The van der Waals surface area contributed by atoms with Crippen LogP contribution in [0.1, 0.15) is 27.9 Å². The third-order valence-corrected chi connectivity index (χ3v) is 5.96. The molecule has 2 aromatic rings. The predicted octanol–water partition coefficient (Wildman–Crippen LogP) is 2.33. The van der Waals surface area contributed by atoms with E-state index in [0.717, 1.165) is 11.1 Å². The van der Waals surface area contributed by atoms with E-state index in [0.29, 0.717) is 44.8 Å². The van der Waals surface area contributed by atoms with Crippen LogP contribution in [0.4, 0.5) is 0 Å². The summed E-state index contributed by atoms with van der Waals surface area (Å²) in [6.45, 7) is 5.07. The second-order valence-electron chi connectivity index (χ2n) is 8.14. The molecule has 1 atom stereocenters. The van der Waals surface area contributed by atoms with E-state index in [4.69, 9.17) is 0 Å². The maximum atomic E-state index is 13.0. The molecule has 3 amide bonds. The van der Waals surface area contributed by atoms with Gasteiger partial charge in [0.1, 0.15) is 0 Å². The zero-order valence-electron chi connectivity index (χ0n) is 17.3. The van der Waals surface area contributed by atoms with Gasteiger partial charge in [0.25, 0.3) is 5.91 Å². The molecule has 4 rings (SSSR count). The molecule has 2 fully saturated rings. The predicted molar refractivity (Wildman–Crippen MR) is 114 cm³/mol. The van der Waals surface area contributed by atoms with E-state index in [2.05, 4.69) is 0 Å². The van der Waals surface area contributed by atoms with Gasteiger partial charge in [-0.25, -0.2) is 0 Å². The molecule has 0 aliphatic carbocycles. The Morgan fingerprint density at radius 1 is 0.900 bits per heavy atom. The van der Waals surface area contributed by atoms with Gasteiger partial charge in [-0.2, -0.15) is 0 Å². The van der Waals surface area contributed by atoms with E-state index >= 15 is 0 Å². The van der Waals surface area contributed by atoms with Crippen LogP contribution >= 0.6 is 0 Å². The average molecular weight is 405 g/mol.